The van der Waals surface area contributed by atoms with Gasteiger partial charge in [0.15, 0.2) is 0 Å². The zero-order valence-corrected chi connectivity index (χ0v) is 61.4. The average molecular weight is 1410 g/mol. The van der Waals surface area contributed by atoms with Gasteiger partial charge in [-0.05, 0) is 201 Å². The first-order chi connectivity index (χ1) is 54.9. The monoisotopic (exact) mass is 1410 g/mol. The smallest absolute Gasteiger partial charge is 0.252 e. The average Bonchev–Trinajstić information content (AvgIpc) is 0.686. The molecular weight excluding hydrogens is 1340 g/mol. The number of nitrogens with zero attached hydrogens (tertiary/aromatic N) is 4. The van der Waals surface area contributed by atoms with E-state index in [1.807, 2.05) is 0 Å². The molecule has 0 aromatic heterocycles. The van der Waals surface area contributed by atoms with Gasteiger partial charge in [-0.25, -0.2) is 0 Å². The van der Waals surface area contributed by atoms with Crippen LogP contribution in [-0.2, 0) is 0 Å². The number of hydrogen-bond acceptors (Lipinski definition) is 4. The van der Waals surface area contributed by atoms with Gasteiger partial charge >= 0.3 is 0 Å². The molecule has 0 saturated carbocycles. The molecular formula is C106H71BN4. The molecule has 0 atom stereocenters. The van der Waals surface area contributed by atoms with E-state index in [9.17, 15) is 0 Å². The maximum Gasteiger partial charge on any atom is 0.252 e. The van der Waals surface area contributed by atoms with Crippen molar-refractivity contribution in [1.82, 2.24) is 0 Å². The summed E-state index contributed by atoms with van der Waals surface area (Å²) in [5.41, 5.74) is 30.3. The lowest BCUT2D eigenvalue weighted by Crippen LogP contribution is -2.61. The minimum atomic E-state index is -0.306. The lowest BCUT2D eigenvalue weighted by atomic mass is 9.33. The molecule has 20 aromatic rings. The molecule has 0 radical (unpaired) electrons. The summed E-state index contributed by atoms with van der Waals surface area (Å²) < 4.78 is 0. The van der Waals surface area contributed by atoms with Crippen molar-refractivity contribution in [2.24, 2.45) is 0 Å². The van der Waals surface area contributed by atoms with Crippen molar-refractivity contribution in [3.8, 4) is 55.6 Å². The fourth-order valence-electron chi connectivity index (χ4n) is 18.8. The SMILES string of the molecule is Cc1cc2ccc3ccc(N(c4ccccc4)c4ccc5c(c4)N(c4c(-c6ccccc6)cccc4-c4ccccc4)c4cc(-c6ccccc6)cc6c4B5c4ccc(N(c5ccccc5)c5ccc7ccc8cc(C)cc9ccc5c7c89)cc4N6c4c(-c5ccccc5)cccc4-c4ccccc4)c4ccc(c1)c2c34. The van der Waals surface area contributed by atoms with Crippen molar-refractivity contribution < 1.29 is 0 Å². The van der Waals surface area contributed by atoms with Gasteiger partial charge in [-0.15, -0.1) is 0 Å². The van der Waals surface area contributed by atoms with E-state index in [0.29, 0.717) is 0 Å². The molecule has 2 heterocycles. The number of fused-ring (bicyclic) bond motifs is 4. The molecule has 0 N–H and O–H groups in total. The van der Waals surface area contributed by atoms with Gasteiger partial charge in [0.1, 0.15) is 0 Å². The van der Waals surface area contributed by atoms with Gasteiger partial charge in [0.25, 0.3) is 6.71 Å². The highest BCUT2D eigenvalue weighted by atomic mass is 15.2. The van der Waals surface area contributed by atoms with Gasteiger partial charge in [-0.3, -0.25) is 0 Å². The van der Waals surface area contributed by atoms with Gasteiger partial charge in [-0.2, -0.15) is 0 Å². The second-order valence-corrected chi connectivity index (χ2v) is 30.0. The Morgan fingerprint density at radius 3 is 0.901 bits per heavy atom. The Labute approximate surface area is 646 Å². The molecule has 518 valence electrons. The Morgan fingerprint density at radius 2 is 0.541 bits per heavy atom. The van der Waals surface area contributed by atoms with Crippen LogP contribution in [0.25, 0.3) is 120 Å². The highest BCUT2D eigenvalue weighted by Gasteiger charge is 2.46. The first kappa shape index (κ1) is 64.0. The summed E-state index contributed by atoms with van der Waals surface area (Å²) in [5.74, 6) is 0. The van der Waals surface area contributed by atoms with Crippen LogP contribution >= 0.6 is 0 Å². The maximum absolute atomic E-state index is 2.69. The van der Waals surface area contributed by atoms with Crippen LogP contribution in [0.1, 0.15) is 11.1 Å². The number of aryl methyl sites for hydroxylation is 2. The first-order valence-corrected chi connectivity index (χ1v) is 38.6. The van der Waals surface area contributed by atoms with Gasteiger partial charge in [0.2, 0.25) is 0 Å². The van der Waals surface area contributed by atoms with Gasteiger partial charge < -0.3 is 19.6 Å². The highest BCUT2D eigenvalue weighted by molar-refractivity contribution is 7.00. The van der Waals surface area contributed by atoms with E-state index in [4.69, 9.17) is 0 Å². The number of hydrogen-bond donors (Lipinski definition) is 0. The van der Waals surface area contributed by atoms with Crippen LogP contribution in [0.15, 0.2) is 394 Å². The highest BCUT2D eigenvalue weighted by Crippen LogP contribution is 2.56. The summed E-state index contributed by atoms with van der Waals surface area (Å²) >= 11 is 0. The summed E-state index contributed by atoms with van der Waals surface area (Å²) in [7, 11) is 0. The van der Waals surface area contributed by atoms with Crippen LogP contribution in [0, 0.1) is 13.8 Å². The first-order valence-electron chi connectivity index (χ1n) is 38.6. The topological polar surface area (TPSA) is 13.0 Å². The molecule has 2 aliphatic heterocycles. The summed E-state index contributed by atoms with van der Waals surface area (Å²) in [4.78, 5) is 10.4. The van der Waals surface area contributed by atoms with Crippen LogP contribution in [0.3, 0.4) is 0 Å². The third kappa shape index (κ3) is 10.3. The van der Waals surface area contributed by atoms with Crippen molar-refractivity contribution in [2.45, 2.75) is 13.8 Å². The zero-order valence-electron chi connectivity index (χ0n) is 61.4. The molecule has 22 rings (SSSR count). The van der Waals surface area contributed by atoms with Gasteiger partial charge in [0.05, 0.1) is 22.7 Å². The van der Waals surface area contributed by atoms with Crippen LogP contribution in [-0.4, -0.2) is 6.71 Å². The largest absolute Gasteiger partial charge is 0.310 e. The van der Waals surface area contributed by atoms with Crippen molar-refractivity contribution in [3.63, 3.8) is 0 Å². The molecule has 0 aliphatic carbocycles. The molecule has 20 aromatic carbocycles. The third-order valence-corrected chi connectivity index (χ3v) is 23.5. The lowest BCUT2D eigenvalue weighted by Gasteiger charge is -2.46. The van der Waals surface area contributed by atoms with E-state index in [1.165, 1.54) is 92.2 Å². The molecule has 2 aliphatic rings. The fraction of sp³-hybridized carbons (Fsp3) is 0.0189. The quantitative estimate of drug-likeness (QED) is 0.0842. The van der Waals surface area contributed by atoms with Crippen LogP contribution in [0.5, 0.6) is 0 Å². The molecule has 5 heteroatoms. The normalized spacial score (nSPS) is 12.4. The Bertz CT molecular complexity index is 6480. The summed E-state index contributed by atoms with van der Waals surface area (Å²) in [6, 6.07) is 149. The Morgan fingerprint density at radius 1 is 0.225 bits per heavy atom. The summed E-state index contributed by atoms with van der Waals surface area (Å²) in [6.45, 7) is 4.11. The summed E-state index contributed by atoms with van der Waals surface area (Å²) in [6.07, 6.45) is 0. The van der Waals surface area contributed by atoms with E-state index in [1.54, 1.807) is 0 Å². The fourth-order valence-corrected chi connectivity index (χ4v) is 18.8. The lowest BCUT2D eigenvalue weighted by molar-refractivity contribution is 1.24. The molecule has 0 fully saturated rings. The van der Waals surface area contributed by atoms with Gasteiger partial charge in [-0.1, -0.05) is 322 Å². The van der Waals surface area contributed by atoms with E-state index in [0.717, 1.165) is 124 Å². The molecule has 0 amide bonds. The second-order valence-electron chi connectivity index (χ2n) is 30.0. The predicted molar refractivity (Wildman–Crippen MR) is 474 cm³/mol. The second kappa shape index (κ2) is 25.7. The van der Waals surface area contributed by atoms with Crippen molar-refractivity contribution >= 4 is 156 Å². The van der Waals surface area contributed by atoms with E-state index in [-0.39, 0.29) is 6.71 Å². The maximum atomic E-state index is 2.69. The Kier molecular flexibility index (Phi) is 14.8. The zero-order chi connectivity index (χ0) is 73.4. The molecule has 111 heavy (non-hydrogen) atoms. The molecule has 0 unspecified atom stereocenters. The molecule has 4 nitrogen and oxygen atoms in total. The molecule has 0 spiro atoms. The number of rotatable bonds is 13. The molecule has 0 bridgehead atoms. The van der Waals surface area contributed by atoms with Crippen LogP contribution in [0.2, 0.25) is 0 Å². The predicted octanol–water partition coefficient (Wildman–Crippen LogP) is 27.5. The van der Waals surface area contributed by atoms with Crippen LogP contribution < -0.4 is 36.0 Å². The minimum Gasteiger partial charge on any atom is -0.310 e. The Balaban J connectivity index is 0.884. The van der Waals surface area contributed by atoms with E-state index >= 15 is 0 Å². The molecule has 0 saturated heterocycles. The van der Waals surface area contributed by atoms with Crippen molar-refractivity contribution in [1.29, 1.82) is 0 Å². The number of benzene rings is 20. The van der Waals surface area contributed by atoms with Crippen molar-refractivity contribution in [3.05, 3.63) is 405 Å². The Hall–Kier alpha value is -14.3. The van der Waals surface area contributed by atoms with Crippen LogP contribution in [0.4, 0.5) is 68.2 Å². The number of para-hydroxylation sites is 4. The minimum absolute atomic E-state index is 0.306. The number of anilines is 12. The van der Waals surface area contributed by atoms with Crippen molar-refractivity contribution in [2.75, 3.05) is 19.6 Å². The third-order valence-electron chi connectivity index (χ3n) is 23.5. The van der Waals surface area contributed by atoms with Gasteiger partial charge in [0, 0.05) is 78.5 Å². The van der Waals surface area contributed by atoms with E-state index in [2.05, 4.69) is 428 Å². The standard InChI is InChI=1S/C106H71BN4/c1-68-60-77-46-44-75-50-58-94(90-54-48-79(62-68)100(77)102(75)90)108(82-36-20-8-21-37-82)84-52-56-92-96(66-84)110(105-86(71-28-12-4-13-29-71)40-24-41-87(105)72-30-14-5-15-31-72)98-64-81(70-26-10-3-11-27-70)65-99-104(98)107(92)93-57-53-85(67-97(93)111(99)106-88(73-32-16-6-17-33-73)42-25-43-89(106)74-34-18-7-19-35-74)109(83-38-22-9-23-39-83)95-59-51-76-45-47-78-61-69(2)63-80-49-55-91(95)103(76)101(78)80/h3-67H,1-2H3. The summed E-state index contributed by atoms with van der Waals surface area (Å²) in [5, 5.41) is 15.0. The van der Waals surface area contributed by atoms with E-state index < -0.39 is 0 Å².